The van der Waals surface area contributed by atoms with Crippen molar-refractivity contribution in [3.05, 3.63) is 94.9 Å². The number of aryl methyl sites for hydroxylation is 1. The van der Waals surface area contributed by atoms with Gasteiger partial charge in [0.15, 0.2) is 0 Å². The lowest BCUT2D eigenvalue weighted by atomic mass is 10.1. The van der Waals surface area contributed by atoms with E-state index in [0.717, 1.165) is 26.6 Å². The molecule has 0 spiro atoms. The maximum atomic E-state index is 13.0. The third-order valence-corrected chi connectivity index (χ3v) is 6.91. The smallest absolute Gasteiger partial charge is 0.254 e. The monoisotopic (exact) mass is 456 g/mol. The fourth-order valence-electron chi connectivity index (χ4n) is 3.69. The Labute approximate surface area is 196 Å². The molecule has 0 radical (unpaired) electrons. The lowest BCUT2D eigenvalue weighted by Crippen LogP contribution is -2.29. The predicted molar refractivity (Wildman–Crippen MR) is 131 cm³/mol. The highest BCUT2D eigenvalue weighted by molar-refractivity contribution is 7.18. The van der Waals surface area contributed by atoms with Gasteiger partial charge in [-0.25, -0.2) is 9.97 Å². The number of hydrogen-bond donors (Lipinski definition) is 0. The van der Waals surface area contributed by atoms with Crippen LogP contribution in [0.25, 0.3) is 15.9 Å². The number of carbonyl (C=O) groups excluding carboxylic acids is 1. The van der Waals surface area contributed by atoms with Crippen LogP contribution in [-0.2, 0) is 6.61 Å². The zero-order valence-electron chi connectivity index (χ0n) is 18.7. The van der Waals surface area contributed by atoms with Crippen LogP contribution >= 0.6 is 11.3 Å². The molecular formula is C26H24N4O2S. The summed E-state index contributed by atoms with van der Waals surface area (Å²) in [6.45, 7) is 4.42. The first kappa shape index (κ1) is 21.2. The number of amides is 1. The first-order valence-corrected chi connectivity index (χ1v) is 11.6. The SMILES string of the molecule is Cc1ccc2nc(COc3ccc(C(=O)N(C)C(C)c4nc5ccccc5s4)cc3)cn2c1. The highest BCUT2D eigenvalue weighted by atomic mass is 32.1. The van der Waals surface area contributed by atoms with E-state index in [1.807, 2.05) is 73.2 Å². The predicted octanol–water partition coefficient (Wildman–Crippen LogP) is 5.66. The summed E-state index contributed by atoms with van der Waals surface area (Å²) in [6, 6.07) is 19.2. The van der Waals surface area contributed by atoms with Crippen molar-refractivity contribution in [3.8, 4) is 5.75 Å². The molecule has 5 rings (SSSR count). The van der Waals surface area contributed by atoms with E-state index in [0.29, 0.717) is 17.9 Å². The summed E-state index contributed by atoms with van der Waals surface area (Å²) in [7, 11) is 1.81. The molecule has 0 aliphatic carbocycles. The second-order valence-corrected chi connectivity index (χ2v) is 9.19. The third-order valence-electron chi connectivity index (χ3n) is 5.71. The summed E-state index contributed by atoms with van der Waals surface area (Å²) in [5.74, 6) is 0.644. The molecule has 0 saturated carbocycles. The standard InChI is InChI=1S/C26H24N4O2S/c1-17-8-13-24-27-20(15-30(24)14-17)16-32-21-11-9-19(10-12-21)26(31)29(3)18(2)25-28-22-6-4-5-7-23(22)33-25/h4-15,18H,16H2,1-3H3. The van der Waals surface area contributed by atoms with Crippen molar-refractivity contribution in [2.24, 2.45) is 0 Å². The number of nitrogens with zero attached hydrogens (tertiary/aromatic N) is 4. The molecule has 33 heavy (non-hydrogen) atoms. The number of thiazole rings is 1. The van der Waals surface area contributed by atoms with Crippen molar-refractivity contribution in [2.45, 2.75) is 26.5 Å². The van der Waals surface area contributed by atoms with Gasteiger partial charge >= 0.3 is 0 Å². The summed E-state index contributed by atoms with van der Waals surface area (Å²) in [4.78, 5) is 24.0. The summed E-state index contributed by atoms with van der Waals surface area (Å²) in [6.07, 6.45) is 4.01. The molecule has 0 aliphatic rings. The van der Waals surface area contributed by atoms with Gasteiger partial charge in [-0.15, -0.1) is 11.3 Å². The third kappa shape index (κ3) is 4.32. The first-order valence-electron chi connectivity index (χ1n) is 10.8. The minimum atomic E-state index is -0.121. The van der Waals surface area contributed by atoms with Crippen LogP contribution in [0.15, 0.2) is 73.1 Å². The van der Waals surface area contributed by atoms with Crippen molar-refractivity contribution in [1.29, 1.82) is 0 Å². The van der Waals surface area contributed by atoms with Gasteiger partial charge in [0.1, 0.15) is 23.0 Å². The van der Waals surface area contributed by atoms with Crippen LogP contribution in [0.2, 0.25) is 0 Å². The Morgan fingerprint density at radius 2 is 1.85 bits per heavy atom. The molecule has 3 heterocycles. The number of rotatable bonds is 6. The van der Waals surface area contributed by atoms with Gasteiger partial charge in [0, 0.05) is 25.0 Å². The van der Waals surface area contributed by atoms with E-state index < -0.39 is 0 Å². The number of aromatic nitrogens is 3. The number of carbonyl (C=O) groups is 1. The minimum Gasteiger partial charge on any atom is -0.487 e. The Balaban J connectivity index is 1.24. The number of pyridine rings is 1. The van der Waals surface area contributed by atoms with Gasteiger partial charge in [-0.1, -0.05) is 18.2 Å². The van der Waals surface area contributed by atoms with Crippen LogP contribution < -0.4 is 4.74 Å². The fourth-order valence-corrected chi connectivity index (χ4v) is 4.75. The van der Waals surface area contributed by atoms with Gasteiger partial charge in [-0.05, 0) is 61.9 Å². The number of benzene rings is 2. The Morgan fingerprint density at radius 3 is 2.64 bits per heavy atom. The van der Waals surface area contributed by atoms with E-state index in [1.165, 1.54) is 5.56 Å². The molecule has 6 nitrogen and oxygen atoms in total. The van der Waals surface area contributed by atoms with Crippen LogP contribution in [0.5, 0.6) is 5.75 Å². The van der Waals surface area contributed by atoms with Crippen LogP contribution in [0.4, 0.5) is 0 Å². The molecule has 0 fully saturated rings. The van der Waals surface area contributed by atoms with Gasteiger partial charge in [-0.2, -0.15) is 0 Å². The molecule has 1 amide bonds. The number of imidazole rings is 1. The number of fused-ring (bicyclic) bond motifs is 2. The van der Waals surface area contributed by atoms with Crippen molar-refractivity contribution in [2.75, 3.05) is 7.05 Å². The molecule has 1 atom stereocenters. The number of hydrogen-bond acceptors (Lipinski definition) is 5. The maximum Gasteiger partial charge on any atom is 0.254 e. The van der Waals surface area contributed by atoms with Crippen molar-refractivity contribution >= 4 is 33.1 Å². The Morgan fingerprint density at radius 1 is 1.06 bits per heavy atom. The van der Waals surface area contributed by atoms with Gasteiger partial charge in [0.25, 0.3) is 5.91 Å². The van der Waals surface area contributed by atoms with E-state index in [1.54, 1.807) is 28.4 Å². The van der Waals surface area contributed by atoms with E-state index in [2.05, 4.69) is 18.0 Å². The summed E-state index contributed by atoms with van der Waals surface area (Å²) >= 11 is 1.62. The summed E-state index contributed by atoms with van der Waals surface area (Å²) in [5, 5.41) is 0.926. The molecule has 0 saturated heterocycles. The maximum absolute atomic E-state index is 13.0. The normalized spacial score (nSPS) is 12.2. The summed E-state index contributed by atoms with van der Waals surface area (Å²) < 4.78 is 9.01. The minimum absolute atomic E-state index is 0.0518. The van der Waals surface area contributed by atoms with Crippen molar-refractivity contribution in [3.63, 3.8) is 0 Å². The molecule has 5 aromatic rings. The average molecular weight is 457 g/mol. The molecule has 0 aliphatic heterocycles. The molecule has 3 aromatic heterocycles. The quantitative estimate of drug-likeness (QED) is 0.331. The van der Waals surface area contributed by atoms with E-state index in [4.69, 9.17) is 9.72 Å². The lowest BCUT2D eigenvalue weighted by Gasteiger charge is -2.23. The molecular weight excluding hydrogens is 432 g/mol. The van der Waals surface area contributed by atoms with E-state index in [9.17, 15) is 4.79 Å². The van der Waals surface area contributed by atoms with Crippen LogP contribution in [-0.4, -0.2) is 32.2 Å². The zero-order chi connectivity index (χ0) is 22.9. The van der Waals surface area contributed by atoms with Gasteiger partial charge in [0.2, 0.25) is 0 Å². The Kier molecular flexibility index (Phi) is 5.56. The Bertz CT molecular complexity index is 1410. The van der Waals surface area contributed by atoms with Gasteiger partial charge < -0.3 is 14.0 Å². The van der Waals surface area contributed by atoms with Crippen LogP contribution in [0.3, 0.4) is 0 Å². The van der Waals surface area contributed by atoms with E-state index in [-0.39, 0.29) is 11.9 Å². The molecule has 166 valence electrons. The summed E-state index contributed by atoms with van der Waals surface area (Å²) in [5.41, 5.74) is 4.50. The largest absolute Gasteiger partial charge is 0.487 e. The topological polar surface area (TPSA) is 59.7 Å². The second-order valence-electron chi connectivity index (χ2n) is 8.13. The van der Waals surface area contributed by atoms with Gasteiger partial charge in [-0.3, -0.25) is 4.79 Å². The lowest BCUT2D eigenvalue weighted by molar-refractivity contribution is 0.0742. The highest BCUT2D eigenvalue weighted by Gasteiger charge is 2.22. The zero-order valence-corrected chi connectivity index (χ0v) is 19.5. The van der Waals surface area contributed by atoms with Crippen molar-refractivity contribution < 1.29 is 9.53 Å². The molecule has 0 N–H and O–H groups in total. The van der Waals surface area contributed by atoms with Crippen LogP contribution in [0, 0.1) is 6.92 Å². The molecule has 7 heteroatoms. The molecule has 2 aromatic carbocycles. The molecule has 0 bridgehead atoms. The second kappa shape index (κ2) is 8.67. The van der Waals surface area contributed by atoms with E-state index >= 15 is 0 Å². The van der Waals surface area contributed by atoms with Crippen LogP contribution in [0.1, 0.15) is 39.6 Å². The highest BCUT2D eigenvalue weighted by Crippen LogP contribution is 2.29. The first-order chi connectivity index (χ1) is 16.0. The number of ether oxygens (including phenoxy) is 1. The van der Waals surface area contributed by atoms with Crippen molar-refractivity contribution in [1.82, 2.24) is 19.3 Å². The Hall–Kier alpha value is -3.71. The number of para-hydroxylation sites is 1. The van der Waals surface area contributed by atoms with Gasteiger partial charge in [0.05, 0.1) is 22.0 Å². The fraction of sp³-hybridized carbons (Fsp3) is 0.192. The average Bonchev–Trinajstić information content (AvgIpc) is 3.45. The molecule has 1 unspecified atom stereocenters.